The van der Waals surface area contributed by atoms with Crippen LogP contribution in [0, 0.1) is 13.8 Å². The van der Waals surface area contributed by atoms with E-state index in [-0.39, 0.29) is 0 Å². The van der Waals surface area contributed by atoms with Crippen molar-refractivity contribution in [1.29, 1.82) is 0 Å². The second kappa shape index (κ2) is 5.95. The number of hydrogen-bond acceptors (Lipinski definition) is 5. The summed E-state index contributed by atoms with van der Waals surface area (Å²) in [6, 6.07) is 11.6. The van der Waals surface area contributed by atoms with E-state index in [0.717, 1.165) is 44.8 Å². The maximum absolute atomic E-state index is 6.01. The number of ether oxygens (including phenoxy) is 1. The molecule has 4 heterocycles. The summed E-state index contributed by atoms with van der Waals surface area (Å²) < 4.78 is 13.6. The van der Waals surface area contributed by atoms with Crippen molar-refractivity contribution in [1.82, 2.24) is 19.5 Å². The molecule has 0 aliphatic rings. The second-order valence-corrected chi connectivity index (χ2v) is 6.36. The molecule has 6 nitrogen and oxygen atoms in total. The Morgan fingerprint density at radius 2 is 1.96 bits per heavy atom. The van der Waals surface area contributed by atoms with E-state index in [1.807, 2.05) is 43.3 Å². The van der Waals surface area contributed by atoms with E-state index in [2.05, 4.69) is 26.4 Å². The number of fused-ring (bicyclic) bond motifs is 2. The molecule has 6 heteroatoms. The number of pyridine rings is 2. The van der Waals surface area contributed by atoms with Crippen LogP contribution < -0.4 is 4.74 Å². The minimum absolute atomic E-state index is 0.531. The Hall–Kier alpha value is -3.67. The highest BCUT2D eigenvalue weighted by Gasteiger charge is 2.13. The molecule has 0 bridgehead atoms. The third-order valence-electron chi connectivity index (χ3n) is 4.59. The third-order valence-corrected chi connectivity index (χ3v) is 4.59. The molecule has 1 aromatic carbocycles. The highest BCUT2D eigenvalue weighted by molar-refractivity contribution is 5.82. The Morgan fingerprint density at radius 3 is 2.85 bits per heavy atom. The number of rotatable bonds is 3. The van der Waals surface area contributed by atoms with E-state index in [1.54, 1.807) is 24.9 Å². The van der Waals surface area contributed by atoms with E-state index in [9.17, 15) is 0 Å². The number of benzene rings is 1. The molecule has 27 heavy (non-hydrogen) atoms. The Kier molecular flexibility index (Phi) is 3.43. The zero-order valence-corrected chi connectivity index (χ0v) is 14.9. The zero-order chi connectivity index (χ0) is 18.4. The Morgan fingerprint density at radius 1 is 1.04 bits per heavy atom. The van der Waals surface area contributed by atoms with E-state index < -0.39 is 0 Å². The van der Waals surface area contributed by atoms with Gasteiger partial charge in [-0.2, -0.15) is 0 Å². The first kappa shape index (κ1) is 15.6. The maximum Gasteiger partial charge on any atom is 0.230 e. The van der Waals surface area contributed by atoms with Gasteiger partial charge in [0.1, 0.15) is 22.7 Å². The topological polar surface area (TPSA) is 66.0 Å². The monoisotopic (exact) mass is 356 g/mol. The fourth-order valence-corrected chi connectivity index (χ4v) is 3.36. The van der Waals surface area contributed by atoms with Gasteiger partial charge in [0.05, 0.1) is 29.1 Å². The second-order valence-electron chi connectivity index (χ2n) is 6.36. The Labute approximate surface area is 155 Å². The fraction of sp³-hybridized carbons (Fsp3) is 0.0952. The fourth-order valence-electron chi connectivity index (χ4n) is 3.36. The Bertz CT molecular complexity index is 1290. The van der Waals surface area contributed by atoms with Gasteiger partial charge < -0.3 is 9.15 Å². The van der Waals surface area contributed by atoms with Gasteiger partial charge in [0.2, 0.25) is 5.88 Å². The maximum atomic E-state index is 6.01. The van der Waals surface area contributed by atoms with Gasteiger partial charge in [-0.1, -0.05) is 0 Å². The molecule has 0 amide bonds. The predicted molar refractivity (Wildman–Crippen MR) is 102 cm³/mol. The zero-order valence-electron chi connectivity index (χ0n) is 14.9. The molecule has 0 aliphatic heterocycles. The summed E-state index contributed by atoms with van der Waals surface area (Å²) in [5, 5.41) is 0.850. The third kappa shape index (κ3) is 2.54. The SMILES string of the molecule is Cc1cc(Oc2nccc3occc23)ccc1-n1c(C)nc2cnccc21. The summed E-state index contributed by atoms with van der Waals surface area (Å²) in [4.78, 5) is 13.1. The molecular weight excluding hydrogens is 340 g/mol. The van der Waals surface area contributed by atoms with Crippen LogP contribution in [0.3, 0.4) is 0 Å². The van der Waals surface area contributed by atoms with E-state index in [4.69, 9.17) is 9.15 Å². The molecule has 4 aromatic heterocycles. The molecule has 0 aliphatic carbocycles. The van der Waals surface area contributed by atoms with Crippen LogP contribution in [-0.4, -0.2) is 19.5 Å². The van der Waals surface area contributed by atoms with Gasteiger partial charge in [-0.15, -0.1) is 0 Å². The number of nitrogens with zero attached hydrogens (tertiary/aromatic N) is 4. The summed E-state index contributed by atoms with van der Waals surface area (Å²) in [5.41, 5.74) is 4.80. The van der Waals surface area contributed by atoms with Crippen molar-refractivity contribution in [3.63, 3.8) is 0 Å². The summed E-state index contributed by atoms with van der Waals surface area (Å²) >= 11 is 0. The molecule has 0 fully saturated rings. The van der Waals surface area contributed by atoms with Crippen molar-refractivity contribution in [3.8, 4) is 17.3 Å². The molecule has 132 valence electrons. The van der Waals surface area contributed by atoms with Gasteiger partial charge in [-0.25, -0.2) is 9.97 Å². The summed E-state index contributed by atoms with van der Waals surface area (Å²) in [7, 11) is 0. The first-order valence-corrected chi connectivity index (χ1v) is 8.61. The lowest BCUT2D eigenvalue weighted by molar-refractivity contribution is 0.468. The number of aryl methyl sites for hydroxylation is 2. The van der Waals surface area contributed by atoms with Crippen LogP contribution in [0.1, 0.15) is 11.4 Å². The predicted octanol–water partition coefficient (Wildman–Crippen LogP) is 4.97. The van der Waals surface area contributed by atoms with Crippen LogP contribution in [0.2, 0.25) is 0 Å². The smallest absolute Gasteiger partial charge is 0.230 e. The number of aromatic nitrogens is 4. The Balaban J connectivity index is 1.56. The van der Waals surface area contributed by atoms with Gasteiger partial charge >= 0.3 is 0 Å². The van der Waals surface area contributed by atoms with Crippen LogP contribution in [0.4, 0.5) is 0 Å². The summed E-state index contributed by atoms with van der Waals surface area (Å²) in [6.45, 7) is 4.05. The van der Waals surface area contributed by atoms with Crippen LogP contribution in [0.5, 0.6) is 11.6 Å². The van der Waals surface area contributed by atoms with Crippen molar-refractivity contribution in [2.24, 2.45) is 0 Å². The lowest BCUT2D eigenvalue weighted by atomic mass is 10.2. The van der Waals surface area contributed by atoms with Crippen LogP contribution in [0.25, 0.3) is 27.7 Å². The van der Waals surface area contributed by atoms with E-state index in [0.29, 0.717) is 5.88 Å². The van der Waals surface area contributed by atoms with Crippen molar-refractivity contribution >= 4 is 22.0 Å². The molecule has 0 unspecified atom stereocenters. The van der Waals surface area contributed by atoms with Gasteiger partial charge in [-0.05, 0) is 55.8 Å². The average Bonchev–Trinajstić information content (AvgIpc) is 3.26. The molecule has 0 atom stereocenters. The van der Waals surface area contributed by atoms with E-state index in [1.165, 1.54) is 0 Å². The van der Waals surface area contributed by atoms with Gasteiger partial charge in [0.15, 0.2) is 0 Å². The largest absolute Gasteiger partial charge is 0.464 e. The van der Waals surface area contributed by atoms with Gasteiger partial charge in [0.25, 0.3) is 0 Å². The average molecular weight is 356 g/mol. The number of hydrogen-bond donors (Lipinski definition) is 0. The molecule has 5 rings (SSSR count). The van der Waals surface area contributed by atoms with Crippen molar-refractivity contribution in [2.45, 2.75) is 13.8 Å². The normalized spacial score (nSPS) is 11.3. The minimum Gasteiger partial charge on any atom is -0.464 e. The first-order chi connectivity index (χ1) is 13.2. The van der Waals surface area contributed by atoms with Crippen molar-refractivity contribution in [3.05, 3.63) is 72.6 Å². The van der Waals surface area contributed by atoms with Crippen LogP contribution in [-0.2, 0) is 0 Å². The molecule has 5 aromatic rings. The number of imidazole rings is 1. The van der Waals surface area contributed by atoms with Gasteiger partial charge in [0, 0.05) is 12.4 Å². The number of furan rings is 1. The molecule has 0 saturated carbocycles. The lowest BCUT2D eigenvalue weighted by Crippen LogP contribution is -2.00. The molecule has 0 N–H and O–H groups in total. The minimum atomic E-state index is 0.531. The molecular formula is C21H16N4O2. The van der Waals surface area contributed by atoms with Crippen LogP contribution >= 0.6 is 0 Å². The van der Waals surface area contributed by atoms with Crippen LogP contribution in [0.15, 0.2) is 65.7 Å². The summed E-state index contributed by atoms with van der Waals surface area (Å²) in [6.07, 6.45) is 6.87. The standard InChI is InChI=1S/C21H16N4O2/c1-13-11-15(27-21-16-7-10-26-20(16)6-9-23-21)3-4-18(13)25-14(2)24-17-12-22-8-5-19(17)25/h3-12H,1-2H3. The van der Waals surface area contributed by atoms with Crippen molar-refractivity contribution < 1.29 is 9.15 Å². The molecule has 0 radical (unpaired) electrons. The molecule has 0 saturated heterocycles. The quantitative estimate of drug-likeness (QED) is 0.456. The first-order valence-electron chi connectivity index (χ1n) is 8.61. The van der Waals surface area contributed by atoms with Gasteiger partial charge in [-0.3, -0.25) is 9.55 Å². The lowest BCUT2D eigenvalue weighted by Gasteiger charge is -2.12. The highest BCUT2D eigenvalue weighted by Crippen LogP contribution is 2.31. The molecule has 0 spiro atoms. The summed E-state index contributed by atoms with van der Waals surface area (Å²) in [5.74, 6) is 2.17. The van der Waals surface area contributed by atoms with E-state index >= 15 is 0 Å². The highest BCUT2D eigenvalue weighted by atomic mass is 16.5. The van der Waals surface area contributed by atoms with Crippen molar-refractivity contribution in [2.75, 3.05) is 0 Å².